The lowest BCUT2D eigenvalue weighted by Gasteiger charge is -2.31. The van der Waals surface area contributed by atoms with Crippen LogP contribution in [0.3, 0.4) is 0 Å². The van der Waals surface area contributed by atoms with Crippen LogP contribution in [0, 0.1) is 5.92 Å². The van der Waals surface area contributed by atoms with Crippen molar-refractivity contribution in [2.24, 2.45) is 5.92 Å². The molecule has 1 saturated carbocycles. The van der Waals surface area contributed by atoms with E-state index in [1.807, 2.05) is 41.4 Å². The molecule has 5 nitrogen and oxygen atoms in total. The van der Waals surface area contributed by atoms with E-state index in [-0.39, 0.29) is 18.0 Å². The highest BCUT2D eigenvalue weighted by molar-refractivity contribution is 5.84. The highest BCUT2D eigenvalue weighted by Crippen LogP contribution is 2.34. The molecule has 3 aliphatic rings. The zero-order valence-electron chi connectivity index (χ0n) is 13.4. The minimum atomic E-state index is -0.0877. The van der Waals surface area contributed by atoms with Gasteiger partial charge in [-0.15, -0.1) is 0 Å². The molecule has 1 amide bonds. The molecule has 1 N–H and O–H groups in total. The van der Waals surface area contributed by atoms with E-state index in [0.29, 0.717) is 12.5 Å². The van der Waals surface area contributed by atoms with E-state index in [4.69, 9.17) is 4.74 Å². The molecule has 1 aromatic rings. The summed E-state index contributed by atoms with van der Waals surface area (Å²) >= 11 is 0. The summed E-state index contributed by atoms with van der Waals surface area (Å²) in [5.41, 5.74) is 4.63. The lowest BCUT2D eigenvalue weighted by atomic mass is 10.0. The van der Waals surface area contributed by atoms with Crippen molar-refractivity contribution in [2.45, 2.75) is 38.3 Å². The Labute approximate surface area is 136 Å². The van der Waals surface area contributed by atoms with Crippen molar-refractivity contribution in [3.63, 3.8) is 0 Å². The van der Waals surface area contributed by atoms with E-state index < -0.39 is 0 Å². The minimum Gasteiger partial charge on any atom is -0.494 e. The van der Waals surface area contributed by atoms with Crippen LogP contribution in [-0.2, 0) is 4.79 Å². The molecule has 23 heavy (non-hydrogen) atoms. The number of carbonyl (C=O) groups is 1. The van der Waals surface area contributed by atoms with Gasteiger partial charge >= 0.3 is 0 Å². The SMILES string of the molecule is CCOc1ccc(C2CC3C(=O)N(CC4CC4)C=CN3N2)cc1. The standard InChI is InChI=1S/C18H23N3O2/c1-2-23-15-7-5-14(6-8-15)16-11-17-18(22)20(12-13-3-4-13)9-10-21(17)19-16/h5-10,13,16-17,19H,2-4,11-12H2,1H3. The van der Waals surface area contributed by atoms with Gasteiger partial charge in [-0.25, -0.2) is 5.43 Å². The van der Waals surface area contributed by atoms with Crippen LogP contribution in [0.25, 0.3) is 0 Å². The van der Waals surface area contributed by atoms with Crippen molar-refractivity contribution in [1.82, 2.24) is 15.3 Å². The van der Waals surface area contributed by atoms with Crippen LogP contribution in [-0.4, -0.2) is 35.0 Å². The number of hydrazine groups is 1. The zero-order valence-corrected chi connectivity index (χ0v) is 13.4. The summed E-state index contributed by atoms with van der Waals surface area (Å²) in [5, 5.41) is 1.97. The second-order valence-electron chi connectivity index (χ2n) is 6.57. The summed E-state index contributed by atoms with van der Waals surface area (Å²) in [6, 6.07) is 8.23. The quantitative estimate of drug-likeness (QED) is 0.907. The average molecular weight is 313 g/mol. The van der Waals surface area contributed by atoms with E-state index in [0.717, 1.165) is 18.7 Å². The van der Waals surface area contributed by atoms with Gasteiger partial charge < -0.3 is 14.6 Å². The van der Waals surface area contributed by atoms with Gasteiger partial charge in [-0.3, -0.25) is 4.79 Å². The van der Waals surface area contributed by atoms with Crippen LogP contribution >= 0.6 is 0 Å². The number of amides is 1. The molecule has 0 spiro atoms. The monoisotopic (exact) mass is 313 g/mol. The predicted octanol–water partition coefficient (Wildman–Crippen LogP) is 2.43. The first-order chi connectivity index (χ1) is 11.2. The van der Waals surface area contributed by atoms with Gasteiger partial charge in [-0.1, -0.05) is 12.1 Å². The van der Waals surface area contributed by atoms with Crippen molar-refractivity contribution < 1.29 is 9.53 Å². The summed E-state index contributed by atoms with van der Waals surface area (Å²) in [5.74, 6) is 1.82. The molecule has 0 radical (unpaired) electrons. The normalized spacial score (nSPS) is 26.6. The predicted molar refractivity (Wildman–Crippen MR) is 87.3 cm³/mol. The Bertz CT molecular complexity index is 609. The zero-order chi connectivity index (χ0) is 15.8. The van der Waals surface area contributed by atoms with Gasteiger partial charge in [0.05, 0.1) is 12.6 Å². The van der Waals surface area contributed by atoms with Crippen LogP contribution in [0.2, 0.25) is 0 Å². The van der Waals surface area contributed by atoms with Gasteiger partial charge in [0.1, 0.15) is 11.8 Å². The number of nitrogens with one attached hydrogen (secondary N) is 1. The third-order valence-corrected chi connectivity index (χ3v) is 4.82. The van der Waals surface area contributed by atoms with E-state index >= 15 is 0 Å². The van der Waals surface area contributed by atoms with E-state index in [1.165, 1.54) is 18.4 Å². The van der Waals surface area contributed by atoms with Crippen molar-refractivity contribution in [1.29, 1.82) is 0 Å². The lowest BCUT2D eigenvalue weighted by Crippen LogP contribution is -2.48. The van der Waals surface area contributed by atoms with E-state index in [1.54, 1.807) is 0 Å². The molecule has 1 aliphatic carbocycles. The number of hydrogen-bond donors (Lipinski definition) is 1. The Morgan fingerprint density at radius 2 is 2.00 bits per heavy atom. The second-order valence-corrected chi connectivity index (χ2v) is 6.57. The summed E-state index contributed by atoms with van der Waals surface area (Å²) in [4.78, 5) is 14.6. The van der Waals surface area contributed by atoms with Gasteiger partial charge in [0.2, 0.25) is 0 Å². The molecule has 2 unspecified atom stereocenters. The van der Waals surface area contributed by atoms with Crippen LogP contribution in [0.15, 0.2) is 36.7 Å². The van der Waals surface area contributed by atoms with Gasteiger partial charge in [-0.2, -0.15) is 0 Å². The maximum absolute atomic E-state index is 12.7. The largest absolute Gasteiger partial charge is 0.494 e. The molecule has 2 atom stereocenters. The number of benzene rings is 1. The number of ether oxygens (including phenoxy) is 1. The number of hydrogen-bond acceptors (Lipinski definition) is 4. The van der Waals surface area contributed by atoms with Crippen LogP contribution < -0.4 is 10.2 Å². The van der Waals surface area contributed by atoms with Gasteiger partial charge in [0.15, 0.2) is 0 Å². The molecule has 0 aromatic heterocycles. The fourth-order valence-electron chi connectivity index (χ4n) is 3.35. The second kappa shape index (κ2) is 5.89. The molecule has 122 valence electrons. The third-order valence-electron chi connectivity index (χ3n) is 4.82. The fourth-order valence-corrected chi connectivity index (χ4v) is 3.35. The molecule has 5 heteroatoms. The van der Waals surface area contributed by atoms with Crippen LogP contribution in [0.4, 0.5) is 0 Å². The maximum Gasteiger partial charge on any atom is 0.250 e. The summed E-state index contributed by atoms with van der Waals surface area (Å²) in [6.07, 6.45) is 7.25. The summed E-state index contributed by atoms with van der Waals surface area (Å²) < 4.78 is 5.49. The van der Waals surface area contributed by atoms with Gasteiger partial charge in [0, 0.05) is 18.9 Å². The smallest absolute Gasteiger partial charge is 0.250 e. The topological polar surface area (TPSA) is 44.8 Å². The molecule has 1 saturated heterocycles. The Balaban J connectivity index is 1.44. The Kier molecular flexibility index (Phi) is 3.73. The first-order valence-corrected chi connectivity index (χ1v) is 8.50. The fraction of sp³-hybridized carbons (Fsp3) is 0.500. The molecule has 0 bridgehead atoms. The van der Waals surface area contributed by atoms with Crippen molar-refractivity contribution in [2.75, 3.05) is 13.2 Å². The minimum absolute atomic E-state index is 0.0877. The Hall–Kier alpha value is -2.01. The molecule has 4 rings (SSSR count). The number of rotatable bonds is 5. The number of nitrogens with zero attached hydrogens (tertiary/aromatic N) is 2. The van der Waals surface area contributed by atoms with Crippen molar-refractivity contribution in [3.8, 4) is 5.75 Å². The molecule has 2 heterocycles. The molecular formula is C18H23N3O2. The van der Waals surface area contributed by atoms with E-state index in [9.17, 15) is 4.79 Å². The van der Waals surface area contributed by atoms with Crippen molar-refractivity contribution >= 4 is 5.91 Å². The Morgan fingerprint density at radius 3 is 2.70 bits per heavy atom. The summed E-state index contributed by atoms with van der Waals surface area (Å²) in [6.45, 7) is 3.54. The lowest BCUT2D eigenvalue weighted by molar-refractivity contribution is -0.134. The molecular weight excluding hydrogens is 290 g/mol. The number of carbonyl (C=O) groups excluding carboxylic acids is 1. The highest BCUT2D eigenvalue weighted by Gasteiger charge is 2.41. The summed E-state index contributed by atoms with van der Waals surface area (Å²) in [7, 11) is 0. The maximum atomic E-state index is 12.7. The molecule has 2 aliphatic heterocycles. The first-order valence-electron chi connectivity index (χ1n) is 8.50. The van der Waals surface area contributed by atoms with E-state index in [2.05, 4.69) is 17.6 Å². The third kappa shape index (κ3) is 2.93. The average Bonchev–Trinajstić information content (AvgIpc) is 3.27. The number of fused-ring (bicyclic) bond motifs is 1. The highest BCUT2D eigenvalue weighted by atomic mass is 16.5. The van der Waals surface area contributed by atoms with Crippen LogP contribution in [0.5, 0.6) is 5.75 Å². The van der Waals surface area contributed by atoms with Gasteiger partial charge in [0.25, 0.3) is 5.91 Å². The Morgan fingerprint density at radius 1 is 1.22 bits per heavy atom. The van der Waals surface area contributed by atoms with Crippen molar-refractivity contribution in [3.05, 3.63) is 42.2 Å². The first kappa shape index (κ1) is 14.6. The van der Waals surface area contributed by atoms with Gasteiger partial charge in [-0.05, 0) is 49.8 Å². The van der Waals surface area contributed by atoms with Crippen LogP contribution in [0.1, 0.15) is 37.8 Å². The molecule has 2 fully saturated rings. The molecule has 1 aromatic carbocycles.